The number of carbonyl (C=O) groups excluding carboxylic acids is 1. The van der Waals surface area contributed by atoms with E-state index in [1.807, 2.05) is 5.01 Å². The van der Waals surface area contributed by atoms with Crippen molar-refractivity contribution in [1.29, 1.82) is 0 Å². The number of aromatic amines is 1. The summed E-state index contributed by atoms with van der Waals surface area (Å²) in [6.07, 6.45) is 8.70. The molecular formula is C22H24FN5O2. The number of amides is 1. The summed E-state index contributed by atoms with van der Waals surface area (Å²) >= 11 is 0. The van der Waals surface area contributed by atoms with Crippen molar-refractivity contribution in [3.05, 3.63) is 42.1 Å². The van der Waals surface area contributed by atoms with E-state index in [4.69, 9.17) is 4.74 Å². The lowest BCUT2D eigenvalue weighted by atomic mass is 10.1. The zero-order valence-corrected chi connectivity index (χ0v) is 16.7. The molecule has 0 atom stereocenters. The second-order valence-corrected chi connectivity index (χ2v) is 8.03. The van der Waals surface area contributed by atoms with Gasteiger partial charge in [-0.15, -0.1) is 0 Å². The molecule has 3 aromatic rings. The molecule has 1 aliphatic heterocycles. The van der Waals surface area contributed by atoms with Gasteiger partial charge in [-0.2, -0.15) is 0 Å². The predicted molar refractivity (Wildman–Crippen MR) is 110 cm³/mol. The van der Waals surface area contributed by atoms with Gasteiger partial charge in [0.15, 0.2) is 0 Å². The predicted octanol–water partition coefficient (Wildman–Crippen LogP) is 3.68. The smallest absolute Gasteiger partial charge is 0.269 e. The first-order valence-corrected chi connectivity index (χ1v) is 10.5. The molecule has 2 N–H and O–H groups in total. The SMILES string of the molecule is O=C(NN1CCCCC1)c1c[nH]c2c(-c3cc(F)ccc3OCC3CC3)ncnc12. The summed E-state index contributed by atoms with van der Waals surface area (Å²) < 4.78 is 20.0. The molecule has 3 heterocycles. The van der Waals surface area contributed by atoms with Crippen LogP contribution in [0.3, 0.4) is 0 Å². The third-order valence-corrected chi connectivity index (χ3v) is 5.69. The maximum atomic E-state index is 14.1. The molecule has 2 fully saturated rings. The summed E-state index contributed by atoms with van der Waals surface area (Å²) in [5.41, 5.74) is 5.56. The van der Waals surface area contributed by atoms with E-state index in [-0.39, 0.29) is 11.7 Å². The van der Waals surface area contributed by atoms with Crippen LogP contribution < -0.4 is 10.2 Å². The lowest BCUT2D eigenvalue weighted by molar-refractivity contribution is 0.0751. The maximum Gasteiger partial charge on any atom is 0.269 e. The zero-order chi connectivity index (χ0) is 20.5. The standard InChI is InChI=1S/C22H24FN5O2/c23-15-6-7-18(30-12-14-4-5-14)16(10-15)19-21-20(26-13-25-19)17(11-24-21)22(29)27-28-8-2-1-3-9-28/h6-7,10-11,13-14,24H,1-5,8-9,12H2,(H,27,29). The van der Waals surface area contributed by atoms with Gasteiger partial charge in [0.25, 0.3) is 5.91 Å². The molecular weight excluding hydrogens is 385 g/mol. The topological polar surface area (TPSA) is 83.1 Å². The van der Waals surface area contributed by atoms with E-state index in [9.17, 15) is 9.18 Å². The molecule has 0 unspecified atom stereocenters. The van der Waals surface area contributed by atoms with Gasteiger partial charge in [0.2, 0.25) is 0 Å². The van der Waals surface area contributed by atoms with Crippen LogP contribution in [0.25, 0.3) is 22.3 Å². The van der Waals surface area contributed by atoms with Gasteiger partial charge >= 0.3 is 0 Å². The van der Waals surface area contributed by atoms with Gasteiger partial charge < -0.3 is 9.72 Å². The Labute approximate surface area is 173 Å². The lowest BCUT2D eigenvalue weighted by Crippen LogP contribution is -2.45. The average molecular weight is 409 g/mol. The van der Waals surface area contributed by atoms with Crippen LogP contribution >= 0.6 is 0 Å². The molecule has 1 aliphatic carbocycles. The van der Waals surface area contributed by atoms with Gasteiger partial charge in [0.1, 0.15) is 29.1 Å². The largest absolute Gasteiger partial charge is 0.493 e. The van der Waals surface area contributed by atoms with E-state index in [1.54, 1.807) is 12.3 Å². The van der Waals surface area contributed by atoms with Crippen LogP contribution in [0.2, 0.25) is 0 Å². The zero-order valence-electron chi connectivity index (χ0n) is 16.7. The van der Waals surface area contributed by atoms with E-state index in [1.165, 1.54) is 37.7 Å². The highest BCUT2D eigenvalue weighted by Gasteiger charge is 2.24. The number of halogens is 1. The van der Waals surface area contributed by atoms with Crippen LogP contribution in [-0.4, -0.2) is 45.6 Å². The fraction of sp³-hybridized carbons (Fsp3) is 0.409. The maximum absolute atomic E-state index is 14.1. The van der Waals surface area contributed by atoms with Crippen LogP contribution in [0, 0.1) is 11.7 Å². The number of hydrogen-bond acceptors (Lipinski definition) is 5. The number of ether oxygens (including phenoxy) is 1. The van der Waals surface area contributed by atoms with Crippen molar-refractivity contribution in [2.45, 2.75) is 32.1 Å². The lowest BCUT2D eigenvalue weighted by Gasteiger charge is -2.26. The fourth-order valence-corrected chi connectivity index (χ4v) is 3.83. The number of fused-ring (bicyclic) bond motifs is 1. The number of piperidine rings is 1. The average Bonchev–Trinajstić information content (AvgIpc) is 3.49. The molecule has 0 radical (unpaired) electrons. The minimum Gasteiger partial charge on any atom is -0.493 e. The van der Waals surface area contributed by atoms with Crippen LogP contribution in [0.5, 0.6) is 5.75 Å². The Hall–Kier alpha value is -3.00. The van der Waals surface area contributed by atoms with Crippen molar-refractivity contribution in [3.63, 3.8) is 0 Å². The van der Waals surface area contributed by atoms with Crippen molar-refractivity contribution >= 4 is 16.9 Å². The number of nitrogens with one attached hydrogen (secondary N) is 2. The van der Waals surface area contributed by atoms with E-state index in [0.717, 1.165) is 25.9 Å². The molecule has 5 rings (SSSR count). The van der Waals surface area contributed by atoms with Gasteiger partial charge in [-0.3, -0.25) is 10.2 Å². The molecule has 1 saturated carbocycles. The third kappa shape index (κ3) is 3.87. The van der Waals surface area contributed by atoms with Crippen LogP contribution in [0.1, 0.15) is 42.5 Å². The highest BCUT2D eigenvalue weighted by Crippen LogP contribution is 2.36. The van der Waals surface area contributed by atoms with Crippen LogP contribution in [-0.2, 0) is 0 Å². The minimum absolute atomic E-state index is 0.211. The number of H-pyrrole nitrogens is 1. The number of carbonyl (C=O) groups is 1. The molecule has 1 saturated heterocycles. The van der Waals surface area contributed by atoms with Crippen molar-refractivity contribution in [2.75, 3.05) is 19.7 Å². The highest BCUT2D eigenvalue weighted by molar-refractivity contribution is 6.07. The van der Waals surface area contributed by atoms with E-state index < -0.39 is 0 Å². The molecule has 0 bridgehead atoms. The summed E-state index contributed by atoms with van der Waals surface area (Å²) in [6, 6.07) is 4.43. The Kier molecular flexibility index (Phi) is 5.08. The molecule has 0 spiro atoms. The Morgan fingerprint density at radius 2 is 2.07 bits per heavy atom. The minimum atomic E-state index is -0.370. The van der Waals surface area contributed by atoms with E-state index in [2.05, 4.69) is 20.4 Å². The number of benzene rings is 1. The first-order chi connectivity index (χ1) is 14.7. The number of nitrogens with zero attached hydrogens (tertiary/aromatic N) is 3. The van der Waals surface area contributed by atoms with Gasteiger partial charge in [-0.25, -0.2) is 19.4 Å². The van der Waals surface area contributed by atoms with Gasteiger partial charge in [0.05, 0.1) is 17.7 Å². The summed E-state index contributed by atoms with van der Waals surface area (Å²) in [6.45, 7) is 2.31. The van der Waals surface area contributed by atoms with Crippen molar-refractivity contribution in [1.82, 2.24) is 25.4 Å². The first-order valence-electron chi connectivity index (χ1n) is 10.5. The quantitative estimate of drug-likeness (QED) is 0.649. The Bertz CT molecular complexity index is 1070. The number of rotatable bonds is 6. The monoisotopic (exact) mass is 409 g/mol. The van der Waals surface area contributed by atoms with Crippen molar-refractivity contribution in [3.8, 4) is 17.0 Å². The summed E-state index contributed by atoms with van der Waals surface area (Å²) in [7, 11) is 0. The summed E-state index contributed by atoms with van der Waals surface area (Å²) in [5.74, 6) is 0.573. The van der Waals surface area contributed by atoms with Crippen molar-refractivity contribution < 1.29 is 13.9 Å². The molecule has 1 aromatic carbocycles. The van der Waals surface area contributed by atoms with Crippen LogP contribution in [0.15, 0.2) is 30.7 Å². The highest BCUT2D eigenvalue weighted by atomic mass is 19.1. The molecule has 156 valence electrons. The molecule has 1 amide bonds. The first kappa shape index (κ1) is 19.0. The fourth-order valence-electron chi connectivity index (χ4n) is 3.83. The third-order valence-electron chi connectivity index (χ3n) is 5.69. The second kappa shape index (κ2) is 8.02. The van der Waals surface area contributed by atoms with E-state index in [0.29, 0.717) is 46.1 Å². The molecule has 30 heavy (non-hydrogen) atoms. The van der Waals surface area contributed by atoms with Gasteiger partial charge in [-0.05, 0) is 49.8 Å². The number of hydrazine groups is 1. The Balaban J connectivity index is 1.47. The Morgan fingerprint density at radius 1 is 1.23 bits per heavy atom. The molecule has 2 aromatic heterocycles. The number of hydrogen-bond donors (Lipinski definition) is 2. The second-order valence-electron chi connectivity index (χ2n) is 8.03. The Morgan fingerprint density at radius 3 is 2.87 bits per heavy atom. The normalized spacial score (nSPS) is 17.2. The van der Waals surface area contributed by atoms with Gasteiger partial charge in [-0.1, -0.05) is 6.42 Å². The summed E-state index contributed by atoms with van der Waals surface area (Å²) in [4.78, 5) is 24.6. The summed E-state index contributed by atoms with van der Waals surface area (Å²) in [5, 5.41) is 1.95. The van der Waals surface area contributed by atoms with E-state index >= 15 is 0 Å². The molecule has 8 heteroatoms. The van der Waals surface area contributed by atoms with Crippen molar-refractivity contribution in [2.24, 2.45) is 5.92 Å². The molecule has 7 nitrogen and oxygen atoms in total. The number of aromatic nitrogens is 3. The van der Waals surface area contributed by atoms with Gasteiger partial charge in [0, 0.05) is 24.8 Å². The molecule has 2 aliphatic rings. The van der Waals surface area contributed by atoms with Crippen LogP contribution in [0.4, 0.5) is 4.39 Å².